The van der Waals surface area contributed by atoms with E-state index in [1.807, 2.05) is 19.1 Å². The first-order chi connectivity index (χ1) is 15.6. The number of amides is 4. The summed E-state index contributed by atoms with van der Waals surface area (Å²) < 4.78 is 5.52. The summed E-state index contributed by atoms with van der Waals surface area (Å²) in [7, 11) is 0. The maximum atomic E-state index is 13.6. The minimum atomic E-state index is -1.40. The molecule has 3 aromatic carbocycles. The number of imide groups is 1. The molecule has 0 aromatic heterocycles. The number of carbonyl (C=O) groups is 3. The topological polar surface area (TPSA) is 87.7 Å². The van der Waals surface area contributed by atoms with Gasteiger partial charge in [0.05, 0.1) is 12.3 Å². The monoisotopic (exact) mass is 429 g/mol. The molecule has 1 aliphatic heterocycles. The molecule has 7 heteroatoms. The van der Waals surface area contributed by atoms with Crippen LogP contribution in [0, 0.1) is 0 Å². The lowest BCUT2D eigenvalue weighted by molar-refractivity contribution is -0.133. The average molecular weight is 429 g/mol. The lowest BCUT2D eigenvalue weighted by Gasteiger charge is -2.28. The van der Waals surface area contributed by atoms with Crippen molar-refractivity contribution in [2.75, 3.05) is 18.5 Å². The number of nitrogens with one attached hydrogen (secondary N) is 2. The Labute approximate surface area is 186 Å². The van der Waals surface area contributed by atoms with Gasteiger partial charge in [-0.1, -0.05) is 72.8 Å². The Kier molecular flexibility index (Phi) is 5.89. The van der Waals surface area contributed by atoms with Crippen LogP contribution in [-0.4, -0.2) is 35.9 Å². The number of hydrogen-bond donors (Lipinski definition) is 2. The molecule has 4 amide bonds. The molecular formula is C25H23N3O4. The third kappa shape index (κ3) is 3.80. The van der Waals surface area contributed by atoms with E-state index in [0.29, 0.717) is 29.2 Å². The Morgan fingerprint density at radius 2 is 1.47 bits per heavy atom. The molecule has 1 fully saturated rings. The Morgan fingerprint density at radius 3 is 2.06 bits per heavy atom. The Balaban J connectivity index is 1.62. The van der Waals surface area contributed by atoms with Gasteiger partial charge in [0, 0.05) is 0 Å². The number of para-hydroxylation sites is 2. The van der Waals surface area contributed by atoms with Crippen molar-refractivity contribution in [2.45, 2.75) is 12.5 Å². The summed E-state index contributed by atoms with van der Waals surface area (Å²) in [6.07, 6.45) is 0. The first-order valence-corrected chi connectivity index (χ1v) is 10.3. The number of nitrogens with zero attached hydrogens (tertiary/aromatic N) is 1. The predicted octanol–water partition coefficient (Wildman–Crippen LogP) is 3.52. The van der Waals surface area contributed by atoms with Gasteiger partial charge in [0.2, 0.25) is 5.91 Å². The van der Waals surface area contributed by atoms with Crippen LogP contribution in [0.3, 0.4) is 0 Å². The molecule has 0 spiro atoms. The number of ether oxygens (including phenoxy) is 1. The number of hydrogen-bond acceptors (Lipinski definition) is 4. The molecule has 0 atom stereocenters. The fourth-order valence-corrected chi connectivity index (χ4v) is 3.84. The highest BCUT2D eigenvalue weighted by atomic mass is 16.5. The molecule has 162 valence electrons. The predicted molar refractivity (Wildman–Crippen MR) is 120 cm³/mol. The van der Waals surface area contributed by atoms with E-state index in [4.69, 9.17) is 4.74 Å². The third-order valence-electron chi connectivity index (χ3n) is 5.28. The van der Waals surface area contributed by atoms with E-state index in [9.17, 15) is 14.4 Å². The van der Waals surface area contributed by atoms with Gasteiger partial charge >= 0.3 is 6.03 Å². The quantitative estimate of drug-likeness (QED) is 0.563. The van der Waals surface area contributed by atoms with Crippen LogP contribution in [-0.2, 0) is 15.1 Å². The summed E-state index contributed by atoms with van der Waals surface area (Å²) in [6.45, 7) is 1.86. The van der Waals surface area contributed by atoms with Crippen molar-refractivity contribution in [3.8, 4) is 5.75 Å². The molecule has 0 saturated carbocycles. The van der Waals surface area contributed by atoms with Crippen LogP contribution in [0.4, 0.5) is 10.5 Å². The summed E-state index contributed by atoms with van der Waals surface area (Å²) in [5, 5.41) is 5.57. The van der Waals surface area contributed by atoms with E-state index in [0.717, 1.165) is 4.90 Å². The van der Waals surface area contributed by atoms with Crippen LogP contribution >= 0.6 is 0 Å². The number of urea groups is 1. The molecule has 0 unspecified atom stereocenters. The van der Waals surface area contributed by atoms with Gasteiger partial charge in [0.25, 0.3) is 5.91 Å². The molecule has 2 N–H and O–H groups in total. The second-order valence-electron chi connectivity index (χ2n) is 7.28. The molecule has 4 rings (SSSR count). The summed E-state index contributed by atoms with van der Waals surface area (Å²) in [4.78, 5) is 40.2. The minimum absolute atomic E-state index is 0.424. The second-order valence-corrected chi connectivity index (χ2v) is 7.28. The highest BCUT2D eigenvalue weighted by Gasteiger charge is 2.54. The van der Waals surface area contributed by atoms with Gasteiger partial charge in [-0.15, -0.1) is 0 Å². The highest BCUT2D eigenvalue weighted by Crippen LogP contribution is 2.36. The van der Waals surface area contributed by atoms with Crippen molar-refractivity contribution in [2.24, 2.45) is 0 Å². The Bertz CT molecular complexity index is 1090. The first-order valence-electron chi connectivity index (χ1n) is 10.3. The Morgan fingerprint density at radius 1 is 0.906 bits per heavy atom. The van der Waals surface area contributed by atoms with Crippen molar-refractivity contribution in [3.63, 3.8) is 0 Å². The van der Waals surface area contributed by atoms with Crippen LogP contribution in [0.1, 0.15) is 18.1 Å². The van der Waals surface area contributed by atoms with Crippen molar-refractivity contribution in [1.82, 2.24) is 10.2 Å². The largest absolute Gasteiger partial charge is 0.492 e. The van der Waals surface area contributed by atoms with Crippen LogP contribution in [0.15, 0.2) is 84.9 Å². The molecule has 1 saturated heterocycles. The lowest BCUT2D eigenvalue weighted by atomic mass is 9.82. The molecule has 1 heterocycles. The zero-order chi connectivity index (χ0) is 22.6. The summed E-state index contributed by atoms with van der Waals surface area (Å²) in [6, 6.07) is 24.4. The average Bonchev–Trinajstić information content (AvgIpc) is 3.07. The summed E-state index contributed by atoms with van der Waals surface area (Å²) >= 11 is 0. The smallest absolute Gasteiger partial charge is 0.326 e. The maximum Gasteiger partial charge on any atom is 0.326 e. The summed E-state index contributed by atoms with van der Waals surface area (Å²) in [5.41, 5.74) is 0.315. The summed E-state index contributed by atoms with van der Waals surface area (Å²) in [5.74, 6) is -0.491. The zero-order valence-electron chi connectivity index (χ0n) is 17.6. The molecule has 7 nitrogen and oxygen atoms in total. The third-order valence-corrected chi connectivity index (χ3v) is 5.28. The van der Waals surface area contributed by atoms with Gasteiger partial charge in [-0.05, 0) is 30.2 Å². The number of rotatable bonds is 7. The van der Waals surface area contributed by atoms with E-state index in [2.05, 4.69) is 10.6 Å². The Hall–Kier alpha value is -4.13. The van der Waals surface area contributed by atoms with Crippen molar-refractivity contribution in [3.05, 3.63) is 96.1 Å². The van der Waals surface area contributed by atoms with E-state index in [1.54, 1.807) is 72.8 Å². The number of benzene rings is 3. The normalized spacial score (nSPS) is 14.7. The van der Waals surface area contributed by atoms with Crippen molar-refractivity contribution >= 4 is 23.5 Å². The highest BCUT2D eigenvalue weighted by molar-refractivity contribution is 6.12. The lowest BCUT2D eigenvalue weighted by Crippen LogP contribution is -2.45. The molecule has 0 aliphatic carbocycles. The van der Waals surface area contributed by atoms with E-state index >= 15 is 0 Å². The van der Waals surface area contributed by atoms with Crippen LogP contribution in [0.2, 0.25) is 0 Å². The van der Waals surface area contributed by atoms with E-state index < -0.39 is 29.9 Å². The number of anilines is 1. The SMILES string of the molecule is CCOc1ccccc1NC(=O)CN1C(=O)NC(c2ccccc2)(c2ccccc2)C1=O. The van der Waals surface area contributed by atoms with E-state index in [1.165, 1.54) is 0 Å². The van der Waals surface area contributed by atoms with Crippen LogP contribution < -0.4 is 15.4 Å². The zero-order valence-corrected chi connectivity index (χ0v) is 17.6. The van der Waals surface area contributed by atoms with E-state index in [-0.39, 0.29) is 0 Å². The molecule has 0 radical (unpaired) electrons. The standard InChI is InChI=1S/C25H23N3O4/c1-2-32-21-16-10-9-15-20(21)26-22(29)17-28-23(30)25(27-24(28)31,18-11-5-3-6-12-18)19-13-7-4-8-14-19/h3-16H,2,17H2,1H3,(H,26,29)(H,27,31). The fourth-order valence-electron chi connectivity index (χ4n) is 3.84. The van der Waals surface area contributed by atoms with Gasteiger partial charge in [-0.2, -0.15) is 0 Å². The molecular weight excluding hydrogens is 406 g/mol. The molecule has 32 heavy (non-hydrogen) atoms. The molecule has 1 aliphatic rings. The fraction of sp³-hybridized carbons (Fsp3) is 0.160. The second kappa shape index (κ2) is 8.93. The van der Waals surface area contributed by atoms with Gasteiger partial charge in [-0.3, -0.25) is 14.5 Å². The van der Waals surface area contributed by atoms with Gasteiger partial charge in [0.1, 0.15) is 12.3 Å². The van der Waals surface area contributed by atoms with Crippen molar-refractivity contribution < 1.29 is 19.1 Å². The van der Waals surface area contributed by atoms with Gasteiger partial charge in [0.15, 0.2) is 5.54 Å². The number of carbonyl (C=O) groups excluding carboxylic acids is 3. The van der Waals surface area contributed by atoms with Gasteiger partial charge in [-0.25, -0.2) is 4.79 Å². The van der Waals surface area contributed by atoms with Gasteiger partial charge < -0.3 is 15.4 Å². The van der Waals surface area contributed by atoms with Crippen LogP contribution in [0.25, 0.3) is 0 Å². The molecule has 3 aromatic rings. The van der Waals surface area contributed by atoms with Crippen molar-refractivity contribution in [1.29, 1.82) is 0 Å². The maximum absolute atomic E-state index is 13.6. The first kappa shape index (κ1) is 21.1. The van der Waals surface area contributed by atoms with Crippen LogP contribution in [0.5, 0.6) is 5.75 Å². The molecule has 0 bridgehead atoms. The minimum Gasteiger partial charge on any atom is -0.492 e.